The van der Waals surface area contributed by atoms with Crippen LogP contribution in [0.25, 0.3) is 11.1 Å². The minimum absolute atomic E-state index is 0.0107. The topological polar surface area (TPSA) is 58.6 Å². The van der Waals surface area contributed by atoms with Crippen molar-refractivity contribution in [2.24, 2.45) is 0 Å². The zero-order valence-corrected chi connectivity index (χ0v) is 16.7. The van der Waals surface area contributed by atoms with Crippen LogP contribution in [-0.4, -0.2) is 24.4 Å². The van der Waals surface area contributed by atoms with Crippen molar-refractivity contribution in [1.29, 1.82) is 0 Å². The third-order valence-electron chi connectivity index (χ3n) is 5.07. The van der Waals surface area contributed by atoms with E-state index in [9.17, 15) is 9.90 Å². The molecule has 1 amide bonds. The summed E-state index contributed by atoms with van der Waals surface area (Å²) in [5, 5.41) is 12.4. The van der Waals surface area contributed by atoms with Crippen LogP contribution in [0, 0.1) is 0 Å². The third kappa shape index (κ3) is 3.68. The molecule has 0 bridgehead atoms. The number of hydrogen-bond acceptors (Lipinski definition) is 3. The number of benzene rings is 3. The zero-order valence-electron chi connectivity index (χ0n) is 15.1. The van der Waals surface area contributed by atoms with Crippen LogP contribution in [0.1, 0.15) is 28.7 Å². The first kappa shape index (κ1) is 18.7. The third-order valence-corrected chi connectivity index (χ3v) is 5.56. The van der Waals surface area contributed by atoms with Crippen molar-refractivity contribution in [1.82, 2.24) is 5.32 Å². The summed E-state index contributed by atoms with van der Waals surface area (Å²) in [5.74, 6) is 0.0107. The highest BCUT2D eigenvalue weighted by Gasteiger charge is 2.29. The van der Waals surface area contributed by atoms with E-state index in [1.807, 2.05) is 48.5 Å². The molecule has 0 saturated heterocycles. The second-order valence-corrected chi connectivity index (χ2v) is 7.68. The molecule has 5 heteroatoms. The first-order chi connectivity index (χ1) is 13.7. The molecule has 1 aliphatic carbocycles. The van der Waals surface area contributed by atoms with Crippen molar-refractivity contribution >= 4 is 22.0 Å². The van der Waals surface area contributed by atoms with Gasteiger partial charge in [0.15, 0.2) is 0 Å². The van der Waals surface area contributed by atoms with Crippen LogP contribution >= 0.6 is 15.9 Å². The molecule has 142 valence electrons. The number of nitrogens with one attached hydrogen (secondary N) is 1. The van der Waals surface area contributed by atoms with Crippen molar-refractivity contribution < 1.29 is 14.6 Å². The summed E-state index contributed by atoms with van der Waals surface area (Å²) in [4.78, 5) is 12.4. The van der Waals surface area contributed by atoms with Crippen LogP contribution in [0.4, 0.5) is 4.79 Å². The molecule has 0 heterocycles. The van der Waals surface area contributed by atoms with Crippen molar-refractivity contribution in [2.75, 3.05) is 13.2 Å². The van der Waals surface area contributed by atoms with E-state index >= 15 is 0 Å². The fourth-order valence-electron chi connectivity index (χ4n) is 3.74. The highest BCUT2D eigenvalue weighted by atomic mass is 79.9. The second-order valence-electron chi connectivity index (χ2n) is 6.76. The molecule has 0 saturated carbocycles. The van der Waals surface area contributed by atoms with Gasteiger partial charge >= 0.3 is 6.09 Å². The lowest BCUT2D eigenvalue weighted by atomic mass is 9.98. The average Bonchev–Trinajstić information content (AvgIpc) is 3.04. The summed E-state index contributed by atoms with van der Waals surface area (Å²) in [6.45, 7) is 0.0388. The predicted molar refractivity (Wildman–Crippen MR) is 112 cm³/mol. The molecule has 0 unspecified atom stereocenters. The Kier molecular flexibility index (Phi) is 5.46. The number of alkyl carbamates (subject to hydrolysis) is 1. The quantitative estimate of drug-likeness (QED) is 0.588. The molecule has 3 aromatic rings. The van der Waals surface area contributed by atoms with Crippen molar-refractivity contribution in [3.8, 4) is 11.1 Å². The summed E-state index contributed by atoms with van der Waals surface area (Å²) in [5.41, 5.74) is 5.53. The molecule has 28 heavy (non-hydrogen) atoms. The largest absolute Gasteiger partial charge is 0.449 e. The van der Waals surface area contributed by atoms with Gasteiger partial charge in [0.05, 0.1) is 12.6 Å². The lowest BCUT2D eigenvalue weighted by Gasteiger charge is -2.19. The van der Waals surface area contributed by atoms with Gasteiger partial charge in [-0.05, 0) is 39.9 Å². The molecule has 3 aromatic carbocycles. The number of halogens is 1. The molecule has 0 radical (unpaired) electrons. The van der Waals surface area contributed by atoms with E-state index in [4.69, 9.17) is 4.74 Å². The van der Waals surface area contributed by atoms with Crippen LogP contribution in [0.2, 0.25) is 0 Å². The number of aliphatic hydroxyl groups is 1. The van der Waals surface area contributed by atoms with E-state index < -0.39 is 12.1 Å². The number of fused-ring (bicyclic) bond motifs is 3. The fourth-order valence-corrected chi connectivity index (χ4v) is 4.16. The summed E-state index contributed by atoms with van der Waals surface area (Å²) < 4.78 is 6.44. The number of aliphatic hydroxyl groups excluding tert-OH is 1. The Morgan fingerprint density at radius 1 is 1.00 bits per heavy atom. The Hall–Kier alpha value is -2.63. The van der Waals surface area contributed by atoms with Gasteiger partial charge < -0.3 is 15.2 Å². The first-order valence-electron chi connectivity index (χ1n) is 9.15. The lowest BCUT2D eigenvalue weighted by molar-refractivity contribution is 0.132. The normalized spacial score (nSPS) is 13.5. The number of amides is 1. The Labute approximate surface area is 172 Å². The Bertz CT molecular complexity index is 959. The van der Waals surface area contributed by atoms with Gasteiger partial charge in [-0.3, -0.25) is 0 Å². The number of carbonyl (C=O) groups is 1. The van der Waals surface area contributed by atoms with Gasteiger partial charge in [0.25, 0.3) is 0 Å². The van der Waals surface area contributed by atoms with Crippen molar-refractivity contribution in [2.45, 2.75) is 12.0 Å². The van der Waals surface area contributed by atoms with Gasteiger partial charge in [0.1, 0.15) is 6.61 Å². The highest BCUT2D eigenvalue weighted by molar-refractivity contribution is 9.10. The van der Waals surface area contributed by atoms with Crippen LogP contribution in [0.5, 0.6) is 0 Å². The molecule has 0 fully saturated rings. The number of carbonyl (C=O) groups excluding carboxylic acids is 1. The lowest BCUT2D eigenvalue weighted by Crippen LogP contribution is -2.32. The first-order valence-corrected chi connectivity index (χ1v) is 9.94. The molecule has 4 rings (SSSR count). The van der Waals surface area contributed by atoms with E-state index in [-0.39, 0.29) is 19.1 Å². The molecule has 1 aliphatic rings. The number of hydrogen-bond donors (Lipinski definition) is 2. The van der Waals surface area contributed by atoms with Gasteiger partial charge in [-0.15, -0.1) is 0 Å². The van der Waals surface area contributed by atoms with Gasteiger partial charge in [0.2, 0.25) is 0 Å². The smallest absolute Gasteiger partial charge is 0.407 e. The minimum Gasteiger partial charge on any atom is -0.449 e. The SMILES string of the molecule is O=C(N[C@H](CO)c1cccc(Br)c1)OCC1c2ccccc2-c2ccccc21. The summed E-state index contributed by atoms with van der Waals surface area (Å²) in [7, 11) is 0. The highest BCUT2D eigenvalue weighted by Crippen LogP contribution is 2.44. The molecule has 1 atom stereocenters. The maximum Gasteiger partial charge on any atom is 0.407 e. The summed E-state index contributed by atoms with van der Waals surface area (Å²) in [6, 6.07) is 23.4. The molecule has 0 aromatic heterocycles. The molecular formula is C23H20BrNO3. The van der Waals surface area contributed by atoms with Gasteiger partial charge in [-0.1, -0.05) is 76.6 Å². The summed E-state index contributed by atoms with van der Waals surface area (Å²) >= 11 is 3.41. The van der Waals surface area contributed by atoms with Crippen LogP contribution in [0.15, 0.2) is 77.3 Å². The number of ether oxygens (including phenoxy) is 1. The van der Waals surface area contributed by atoms with Crippen molar-refractivity contribution in [3.05, 3.63) is 94.0 Å². The number of rotatable bonds is 5. The Morgan fingerprint density at radius 2 is 1.64 bits per heavy atom. The molecular weight excluding hydrogens is 418 g/mol. The van der Waals surface area contributed by atoms with Crippen LogP contribution in [0.3, 0.4) is 0 Å². The average molecular weight is 438 g/mol. The van der Waals surface area contributed by atoms with E-state index in [1.165, 1.54) is 22.3 Å². The van der Waals surface area contributed by atoms with E-state index in [0.717, 1.165) is 10.0 Å². The fraction of sp³-hybridized carbons (Fsp3) is 0.174. The van der Waals surface area contributed by atoms with E-state index in [1.54, 1.807) is 0 Å². The van der Waals surface area contributed by atoms with Gasteiger partial charge in [0, 0.05) is 10.4 Å². The minimum atomic E-state index is -0.541. The van der Waals surface area contributed by atoms with Crippen LogP contribution in [-0.2, 0) is 4.74 Å². The Balaban J connectivity index is 1.46. The zero-order chi connectivity index (χ0) is 19.5. The van der Waals surface area contributed by atoms with Crippen LogP contribution < -0.4 is 5.32 Å². The molecule has 4 nitrogen and oxygen atoms in total. The maximum atomic E-state index is 12.4. The molecule has 0 aliphatic heterocycles. The van der Waals surface area contributed by atoms with Gasteiger partial charge in [-0.25, -0.2) is 4.79 Å². The van der Waals surface area contributed by atoms with E-state index in [0.29, 0.717) is 0 Å². The second kappa shape index (κ2) is 8.17. The monoisotopic (exact) mass is 437 g/mol. The standard InChI is InChI=1S/C23H20BrNO3/c24-16-7-5-6-15(12-16)22(13-26)25-23(27)28-14-21-19-10-3-1-8-17(19)18-9-2-4-11-20(18)21/h1-12,21-22,26H,13-14H2,(H,25,27)/t22-/m1/s1. The maximum absolute atomic E-state index is 12.4. The molecule has 2 N–H and O–H groups in total. The van der Waals surface area contributed by atoms with Crippen molar-refractivity contribution in [3.63, 3.8) is 0 Å². The predicted octanol–water partition coefficient (Wildman–Crippen LogP) is 5.02. The van der Waals surface area contributed by atoms with E-state index in [2.05, 4.69) is 45.5 Å². The Morgan fingerprint density at radius 3 is 2.25 bits per heavy atom. The van der Waals surface area contributed by atoms with Gasteiger partial charge in [-0.2, -0.15) is 0 Å². The summed E-state index contributed by atoms with van der Waals surface area (Å²) in [6.07, 6.45) is -0.541. The molecule has 0 spiro atoms.